The number of aryl methyl sites for hydroxylation is 1. The van der Waals surface area contributed by atoms with Crippen LogP contribution in [0.4, 0.5) is 5.69 Å². The molecule has 0 amide bonds. The second-order valence-electron chi connectivity index (χ2n) is 4.08. The number of hydrogen-bond acceptors (Lipinski definition) is 2. The fraction of sp³-hybridized carbons (Fsp3) is 0.500. The minimum absolute atomic E-state index is 0.290. The van der Waals surface area contributed by atoms with Crippen LogP contribution in [0.15, 0.2) is 24.3 Å². The summed E-state index contributed by atoms with van der Waals surface area (Å²) in [7, 11) is 4.12. The molecule has 1 atom stereocenters. The van der Waals surface area contributed by atoms with Crippen LogP contribution < -0.4 is 10.6 Å². The van der Waals surface area contributed by atoms with Crippen molar-refractivity contribution in [1.29, 1.82) is 0 Å². The van der Waals surface area contributed by atoms with E-state index in [9.17, 15) is 0 Å². The first-order valence-electron chi connectivity index (χ1n) is 5.11. The Kier molecular flexibility index (Phi) is 3.96. The lowest BCUT2D eigenvalue weighted by Gasteiger charge is -2.13. The molecule has 0 fully saturated rings. The van der Waals surface area contributed by atoms with Crippen LogP contribution >= 0.6 is 0 Å². The summed E-state index contributed by atoms with van der Waals surface area (Å²) < 4.78 is 0. The van der Waals surface area contributed by atoms with Crippen LogP contribution in [0, 0.1) is 0 Å². The molecule has 1 aromatic carbocycles. The lowest BCUT2D eigenvalue weighted by atomic mass is 10.1. The lowest BCUT2D eigenvalue weighted by Crippen LogP contribution is -2.15. The molecular weight excluding hydrogens is 172 g/mol. The zero-order valence-electron chi connectivity index (χ0n) is 9.33. The third kappa shape index (κ3) is 3.38. The molecule has 0 saturated carbocycles. The quantitative estimate of drug-likeness (QED) is 0.791. The Bertz CT molecular complexity index is 279. The number of nitrogens with zero attached hydrogens (tertiary/aromatic N) is 1. The summed E-state index contributed by atoms with van der Waals surface area (Å²) in [6.45, 7) is 2.05. The zero-order valence-corrected chi connectivity index (χ0v) is 9.33. The fourth-order valence-electron chi connectivity index (χ4n) is 1.38. The number of nitrogens with two attached hydrogens (primary N) is 1. The maximum Gasteiger partial charge on any atom is 0.0363 e. The SMILES string of the molecule is C[C@@H](N)CCc1cccc(N(C)C)c1. The molecule has 0 aliphatic heterocycles. The van der Waals surface area contributed by atoms with E-state index in [2.05, 4.69) is 50.2 Å². The number of rotatable bonds is 4. The van der Waals surface area contributed by atoms with Gasteiger partial charge in [0.1, 0.15) is 0 Å². The van der Waals surface area contributed by atoms with E-state index in [0.29, 0.717) is 0 Å². The summed E-state index contributed by atoms with van der Waals surface area (Å²) in [4.78, 5) is 2.12. The van der Waals surface area contributed by atoms with Crippen molar-refractivity contribution in [1.82, 2.24) is 0 Å². The highest BCUT2D eigenvalue weighted by Gasteiger charge is 1.99. The monoisotopic (exact) mass is 192 g/mol. The lowest BCUT2D eigenvalue weighted by molar-refractivity contribution is 0.666. The minimum atomic E-state index is 0.290. The molecule has 0 aliphatic carbocycles. The molecule has 2 N–H and O–H groups in total. The van der Waals surface area contributed by atoms with Crippen molar-refractivity contribution in [2.24, 2.45) is 5.73 Å². The van der Waals surface area contributed by atoms with Crippen LogP contribution in [0.5, 0.6) is 0 Å². The molecule has 0 unspecified atom stereocenters. The Morgan fingerprint density at radius 2 is 2.07 bits per heavy atom. The van der Waals surface area contributed by atoms with Gasteiger partial charge in [-0.25, -0.2) is 0 Å². The van der Waals surface area contributed by atoms with Gasteiger partial charge in [-0.1, -0.05) is 12.1 Å². The third-order valence-electron chi connectivity index (χ3n) is 2.32. The first kappa shape index (κ1) is 11.1. The molecular formula is C12H20N2. The van der Waals surface area contributed by atoms with Gasteiger partial charge in [0.15, 0.2) is 0 Å². The Morgan fingerprint density at radius 3 is 2.64 bits per heavy atom. The van der Waals surface area contributed by atoms with Gasteiger partial charge in [-0.2, -0.15) is 0 Å². The van der Waals surface area contributed by atoms with Gasteiger partial charge < -0.3 is 10.6 Å². The smallest absolute Gasteiger partial charge is 0.0363 e. The van der Waals surface area contributed by atoms with Crippen molar-refractivity contribution >= 4 is 5.69 Å². The van der Waals surface area contributed by atoms with Crippen LogP contribution in [0.2, 0.25) is 0 Å². The number of benzene rings is 1. The molecule has 0 spiro atoms. The topological polar surface area (TPSA) is 29.3 Å². The van der Waals surface area contributed by atoms with Crippen molar-refractivity contribution in [3.63, 3.8) is 0 Å². The Labute approximate surface area is 86.7 Å². The molecule has 1 rings (SSSR count). The van der Waals surface area contributed by atoms with Gasteiger partial charge in [-0.15, -0.1) is 0 Å². The van der Waals surface area contributed by atoms with E-state index < -0.39 is 0 Å². The molecule has 0 aliphatic rings. The largest absolute Gasteiger partial charge is 0.378 e. The maximum atomic E-state index is 5.73. The first-order chi connectivity index (χ1) is 6.59. The molecule has 0 heterocycles. The summed E-state index contributed by atoms with van der Waals surface area (Å²) in [5.74, 6) is 0. The summed E-state index contributed by atoms with van der Waals surface area (Å²) in [6.07, 6.45) is 2.12. The predicted molar refractivity (Wildman–Crippen MR) is 62.7 cm³/mol. The zero-order chi connectivity index (χ0) is 10.6. The molecule has 0 saturated heterocycles. The molecule has 0 aromatic heterocycles. The van der Waals surface area contributed by atoms with Gasteiger partial charge in [0.05, 0.1) is 0 Å². The second-order valence-corrected chi connectivity index (χ2v) is 4.08. The van der Waals surface area contributed by atoms with Crippen LogP contribution in [0.25, 0.3) is 0 Å². The number of anilines is 1. The summed E-state index contributed by atoms with van der Waals surface area (Å²) in [5.41, 5.74) is 8.35. The summed E-state index contributed by atoms with van der Waals surface area (Å²) in [6, 6.07) is 8.90. The van der Waals surface area contributed by atoms with Crippen molar-refractivity contribution in [3.8, 4) is 0 Å². The van der Waals surface area contributed by atoms with Gasteiger partial charge in [0, 0.05) is 25.8 Å². The number of hydrogen-bond donors (Lipinski definition) is 1. The average molecular weight is 192 g/mol. The summed E-state index contributed by atoms with van der Waals surface area (Å²) >= 11 is 0. The standard InChI is InChI=1S/C12H20N2/c1-10(13)7-8-11-5-4-6-12(9-11)14(2)3/h4-6,9-10H,7-8,13H2,1-3H3/t10-/m1/s1. The average Bonchev–Trinajstić information content (AvgIpc) is 2.15. The van der Waals surface area contributed by atoms with Crippen LogP contribution in [-0.4, -0.2) is 20.1 Å². The first-order valence-corrected chi connectivity index (χ1v) is 5.11. The highest BCUT2D eigenvalue weighted by molar-refractivity contribution is 5.47. The van der Waals surface area contributed by atoms with Gasteiger partial charge in [-0.3, -0.25) is 0 Å². The van der Waals surface area contributed by atoms with E-state index in [4.69, 9.17) is 5.73 Å². The Hall–Kier alpha value is -1.02. The highest BCUT2D eigenvalue weighted by atomic mass is 15.1. The van der Waals surface area contributed by atoms with Gasteiger partial charge in [0.25, 0.3) is 0 Å². The van der Waals surface area contributed by atoms with E-state index in [1.807, 2.05) is 0 Å². The van der Waals surface area contributed by atoms with Crippen molar-refractivity contribution in [3.05, 3.63) is 29.8 Å². The second kappa shape index (κ2) is 5.01. The molecule has 0 radical (unpaired) electrons. The highest BCUT2D eigenvalue weighted by Crippen LogP contribution is 2.14. The van der Waals surface area contributed by atoms with Crippen molar-refractivity contribution < 1.29 is 0 Å². The van der Waals surface area contributed by atoms with E-state index in [1.165, 1.54) is 11.3 Å². The van der Waals surface area contributed by atoms with Gasteiger partial charge >= 0.3 is 0 Å². The normalized spacial score (nSPS) is 12.6. The maximum absolute atomic E-state index is 5.73. The molecule has 14 heavy (non-hydrogen) atoms. The molecule has 2 heteroatoms. The van der Waals surface area contributed by atoms with Gasteiger partial charge in [0.2, 0.25) is 0 Å². The van der Waals surface area contributed by atoms with Gasteiger partial charge in [-0.05, 0) is 37.5 Å². The molecule has 78 valence electrons. The van der Waals surface area contributed by atoms with E-state index in [0.717, 1.165) is 12.8 Å². The minimum Gasteiger partial charge on any atom is -0.378 e. The van der Waals surface area contributed by atoms with Crippen molar-refractivity contribution in [2.45, 2.75) is 25.8 Å². The Morgan fingerprint density at radius 1 is 1.36 bits per heavy atom. The molecule has 1 aromatic rings. The fourth-order valence-corrected chi connectivity index (χ4v) is 1.38. The van der Waals surface area contributed by atoms with E-state index >= 15 is 0 Å². The van der Waals surface area contributed by atoms with Crippen molar-refractivity contribution in [2.75, 3.05) is 19.0 Å². The van der Waals surface area contributed by atoms with Crippen LogP contribution in [0.1, 0.15) is 18.9 Å². The third-order valence-corrected chi connectivity index (χ3v) is 2.32. The van der Waals surface area contributed by atoms with E-state index in [1.54, 1.807) is 0 Å². The molecule has 2 nitrogen and oxygen atoms in total. The Balaban J connectivity index is 2.64. The predicted octanol–water partition coefficient (Wildman–Crippen LogP) is 2.03. The molecule has 0 bridgehead atoms. The van der Waals surface area contributed by atoms with Crippen LogP contribution in [0.3, 0.4) is 0 Å². The summed E-state index contributed by atoms with van der Waals surface area (Å²) in [5, 5.41) is 0. The van der Waals surface area contributed by atoms with Crippen LogP contribution in [-0.2, 0) is 6.42 Å². The van der Waals surface area contributed by atoms with E-state index in [-0.39, 0.29) is 6.04 Å².